The number of halogens is 2. The molecule has 0 unspecified atom stereocenters. The maximum Gasteiger partial charge on any atom is 0.296 e. The van der Waals surface area contributed by atoms with E-state index in [0.29, 0.717) is 69.8 Å². The number of benzene rings is 4. The highest BCUT2D eigenvalue weighted by Gasteiger charge is 2.23. The topological polar surface area (TPSA) is 315 Å². The number of aliphatic hydroxyl groups is 2. The average Bonchev–Trinajstić information content (AvgIpc) is 3.95. The summed E-state index contributed by atoms with van der Waals surface area (Å²) in [5.74, 6) is 0.919. The van der Waals surface area contributed by atoms with Gasteiger partial charge in [0.15, 0.2) is 0 Å². The lowest BCUT2D eigenvalue weighted by Gasteiger charge is -2.25. The smallest absolute Gasteiger partial charge is 0.296 e. The van der Waals surface area contributed by atoms with Crippen molar-refractivity contribution in [3.8, 4) is 11.5 Å². The number of fused-ring (bicyclic) bond motifs is 2. The minimum atomic E-state index is -4.64. The maximum absolute atomic E-state index is 12.0. The Balaban J connectivity index is 1.36. The number of thiazole rings is 2. The molecule has 388 valence electrons. The molecular weight excluding hydrogens is 1070 g/mol. The number of anilines is 7. The van der Waals surface area contributed by atoms with Crippen LogP contribution >= 0.6 is 45.9 Å². The van der Waals surface area contributed by atoms with E-state index in [0.717, 1.165) is 34.8 Å². The van der Waals surface area contributed by atoms with Crippen LogP contribution in [0.2, 0.25) is 10.0 Å². The molecule has 73 heavy (non-hydrogen) atoms. The fraction of sp³-hybridized carbons (Fsp3) is 0.326. The molecule has 7 rings (SSSR count). The van der Waals surface area contributed by atoms with Gasteiger partial charge in [0.25, 0.3) is 20.2 Å². The Morgan fingerprint density at radius 3 is 1.32 bits per heavy atom. The molecule has 0 radical (unpaired) electrons. The Labute approximate surface area is 436 Å². The summed E-state index contributed by atoms with van der Waals surface area (Å²) >= 11 is 14.5. The van der Waals surface area contributed by atoms with E-state index in [-0.39, 0.29) is 86.9 Å². The van der Waals surface area contributed by atoms with Gasteiger partial charge in [0.1, 0.15) is 32.7 Å². The van der Waals surface area contributed by atoms with Crippen molar-refractivity contribution < 1.29 is 45.6 Å². The number of azo groups is 2. The van der Waals surface area contributed by atoms with Gasteiger partial charge in [-0.15, -0.1) is 20.5 Å². The zero-order chi connectivity index (χ0) is 52.8. The van der Waals surface area contributed by atoms with Crippen LogP contribution in [0.1, 0.15) is 27.7 Å². The number of methoxy groups -OCH3 is 2. The largest absolute Gasteiger partial charge is 0.494 e. The van der Waals surface area contributed by atoms with Gasteiger partial charge in [-0.25, -0.2) is 9.97 Å². The predicted octanol–water partition coefficient (Wildman–Crippen LogP) is 9.71. The summed E-state index contributed by atoms with van der Waals surface area (Å²) in [6.07, 6.45) is 0. The van der Waals surface area contributed by atoms with Crippen LogP contribution in [0.5, 0.6) is 11.5 Å². The third kappa shape index (κ3) is 12.6. The molecule has 6 N–H and O–H groups in total. The van der Waals surface area contributed by atoms with Crippen LogP contribution in [0.4, 0.5) is 62.2 Å². The maximum atomic E-state index is 12.0. The van der Waals surface area contributed by atoms with Crippen LogP contribution in [-0.2, 0) is 20.2 Å². The molecule has 3 aromatic heterocycles. The fourth-order valence-corrected chi connectivity index (χ4v) is 11.1. The average molecular weight is 1120 g/mol. The van der Waals surface area contributed by atoms with E-state index in [1.54, 1.807) is 29.2 Å². The lowest BCUT2D eigenvalue weighted by molar-refractivity contribution is 0.280. The Morgan fingerprint density at radius 2 is 0.973 bits per heavy atom. The zero-order valence-electron chi connectivity index (χ0n) is 39.8. The van der Waals surface area contributed by atoms with Gasteiger partial charge < -0.3 is 45.0 Å². The van der Waals surface area contributed by atoms with Crippen LogP contribution in [0, 0.1) is 0 Å². The highest BCUT2D eigenvalue weighted by Crippen LogP contribution is 2.44. The molecule has 0 fully saturated rings. The normalized spacial score (nSPS) is 12.1. The molecule has 3 heterocycles. The van der Waals surface area contributed by atoms with Crippen molar-refractivity contribution >= 4 is 149 Å². The lowest BCUT2D eigenvalue weighted by atomic mass is 10.2. The van der Waals surface area contributed by atoms with Crippen molar-refractivity contribution in [2.24, 2.45) is 20.5 Å². The summed E-state index contributed by atoms with van der Waals surface area (Å²) in [6, 6.07) is 11.9. The predicted molar refractivity (Wildman–Crippen MR) is 283 cm³/mol. The SMILES string of the molecule is CCN(CC)c1cc(Nc2nc(Nc3cc(N(CC)CC)c(OC)cc3N=Nc3nc4cc(S(=O)(=O)O)c(Cl)cc4s3)nc(N(CCO)CCO)n2)c(N=Nc2nc3cc(S(=O)(=O)O)c(Cl)cc3s2)cc1OC. The Hall–Kier alpha value is -6.21. The van der Waals surface area contributed by atoms with Gasteiger partial charge >= 0.3 is 0 Å². The number of hydrogen-bond donors (Lipinski definition) is 6. The molecule has 30 heteroatoms. The van der Waals surface area contributed by atoms with Gasteiger partial charge in [0.2, 0.25) is 28.1 Å². The van der Waals surface area contributed by atoms with Gasteiger partial charge in [-0.05, 0) is 64.1 Å². The molecule has 0 saturated heterocycles. The molecule has 0 aliphatic rings. The van der Waals surface area contributed by atoms with Crippen molar-refractivity contribution in [1.29, 1.82) is 0 Å². The number of aliphatic hydroxyl groups excluding tert-OH is 2. The summed E-state index contributed by atoms with van der Waals surface area (Å²) < 4.78 is 79.8. The monoisotopic (exact) mass is 1120 g/mol. The highest BCUT2D eigenvalue weighted by molar-refractivity contribution is 7.86. The fourth-order valence-electron chi connectivity index (χ4n) is 7.35. The van der Waals surface area contributed by atoms with E-state index >= 15 is 0 Å². The molecular formula is C43H48Cl2N14O10S4. The molecule has 0 bridgehead atoms. The van der Waals surface area contributed by atoms with Crippen LogP contribution in [0.25, 0.3) is 20.4 Å². The molecule has 0 spiro atoms. The molecule has 0 atom stereocenters. The van der Waals surface area contributed by atoms with Gasteiger partial charge in [0.05, 0.1) is 80.7 Å². The van der Waals surface area contributed by atoms with Crippen LogP contribution in [-0.4, -0.2) is 128 Å². The molecule has 0 amide bonds. The van der Waals surface area contributed by atoms with Crippen molar-refractivity contribution in [3.63, 3.8) is 0 Å². The van der Waals surface area contributed by atoms with Crippen LogP contribution in [0.3, 0.4) is 0 Å². The minimum Gasteiger partial charge on any atom is -0.494 e. The number of aromatic nitrogens is 5. The second-order valence-electron chi connectivity index (χ2n) is 15.2. The number of hydrogen-bond acceptors (Lipinski definition) is 24. The minimum absolute atomic E-state index is 0.0223. The van der Waals surface area contributed by atoms with E-state index < -0.39 is 30.0 Å². The molecule has 0 aliphatic heterocycles. The summed E-state index contributed by atoms with van der Waals surface area (Å²) in [7, 11) is -6.25. The first-order valence-electron chi connectivity index (χ1n) is 22.0. The van der Waals surface area contributed by atoms with Crippen molar-refractivity contribution in [3.05, 3.63) is 58.6 Å². The highest BCUT2D eigenvalue weighted by atomic mass is 35.5. The third-order valence-electron chi connectivity index (χ3n) is 10.8. The standard InChI is InChI=1S/C43H48Cl2N14O10S4/c1-7-57(8-2)31-17-25(27(19-33(31)68-5)53-55-42-48-29-21-37(72(62,63)64)23(44)15-35(29)70-42)46-39-50-40(52-41(51-39)59(11-13-60)12-14-61)47-26-18-32(58(9-3)10-4)34(69-6)20-28(26)54-56-43-49-30-22-38(73(65,66)67)24(45)16-36(30)71-43/h15-22,60-61H,7-14H2,1-6H3,(H,62,63,64)(H,65,66,67)(H2,46,47,50,51,52). The molecule has 4 aromatic carbocycles. The first-order chi connectivity index (χ1) is 34.8. The van der Waals surface area contributed by atoms with Gasteiger partial charge in [0, 0.05) is 51.4 Å². The number of ether oxygens (including phenoxy) is 2. The lowest BCUT2D eigenvalue weighted by Crippen LogP contribution is -2.31. The quantitative estimate of drug-likeness (QED) is 0.0256. The van der Waals surface area contributed by atoms with Crippen molar-refractivity contribution in [2.45, 2.75) is 37.5 Å². The summed E-state index contributed by atoms with van der Waals surface area (Å²) in [6.45, 7) is 9.80. The van der Waals surface area contributed by atoms with E-state index in [1.807, 2.05) is 27.7 Å². The molecule has 0 aliphatic carbocycles. The number of nitrogens with one attached hydrogen (secondary N) is 2. The summed E-state index contributed by atoms with van der Waals surface area (Å²) in [4.78, 5) is 27.7. The first-order valence-corrected chi connectivity index (χ1v) is 27.3. The molecule has 0 saturated carbocycles. The van der Waals surface area contributed by atoms with E-state index in [2.05, 4.69) is 50.9 Å². The first kappa shape index (κ1) is 54.6. The van der Waals surface area contributed by atoms with Crippen LogP contribution < -0.4 is 34.8 Å². The van der Waals surface area contributed by atoms with E-state index in [1.165, 1.54) is 26.4 Å². The number of rotatable bonds is 23. The zero-order valence-corrected chi connectivity index (χ0v) is 44.5. The third-order valence-corrected chi connectivity index (χ3v) is 15.3. The van der Waals surface area contributed by atoms with Gasteiger partial charge in [-0.2, -0.15) is 31.8 Å². The van der Waals surface area contributed by atoms with Crippen LogP contribution in [0.15, 0.2) is 78.8 Å². The van der Waals surface area contributed by atoms with Crippen molar-refractivity contribution in [2.75, 3.05) is 92.0 Å². The van der Waals surface area contributed by atoms with E-state index in [9.17, 15) is 36.2 Å². The molecule has 24 nitrogen and oxygen atoms in total. The van der Waals surface area contributed by atoms with Gasteiger partial charge in [-0.1, -0.05) is 45.9 Å². The van der Waals surface area contributed by atoms with E-state index in [4.69, 9.17) is 47.6 Å². The second-order valence-corrected chi connectivity index (χ2v) is 20.9. The second kappa shape index (κ2) is 23.3. The Bertz CT molecular complexity index is 3230. The molecule has 7 aromatic rings. The Morgan fingerprint density at radius 1 is 0.575 bits per heavy atom. The summed E-state index contributed by atoms with van der Waals surface area (Å²) in [5.41, 5.74) is 2.93. The number of nitrogens with zero attached hydrogens (tertiary/aromatic N) is 12. The van der Waals surface area contributed by atoms with Crippen molar-refractivity contribution in [1.82, 2.24) is 24.9 Å². The van der Waals surface area contributed by atoms with Gasteiger partial charge in [-0.3, -0.25) is 9.11 Å². The Kier molecular flexibility index (Phi) is 17.4. The summed E-state index contributed by atoms with van der Waals surface area (Å²) in [5, 5.41) is 44.4.